The Kier molecular flexibility index (Phi) is 4.63. The van der Waals surface area contributed by atoms with Crippen molar-refractivity contribution in [3.63, 3.8) is 0 Å². The predicted octanol–water partition coefficient (Wildman–Crippen LogP) is 5.11. The van der Waals surface area contributed by atoms with Crippen molar-refractivity contribution in [2.45, 2.75) is 0 Å². The van der Waals surface area contributed by atoms with Crippen LogP contribution >= 0.6 is 0 Å². The Labute approximate surface area is 208 Å². The minimum atomic E-state index is 0.257. The molecule has 5 heterocycles. The van der Waals surface area contributed by atoms with Gasteiger partial charge in [-0.05, 0) is 48.0 Å². The summed E-state index contributed by atoms with van der Waals surface area (Å²) in [7, 11) is 2.03. The van der Waals surface area contributed by atoms with Gasteiger partial charge in [0, 0.05) is 36.8 Å². The Hall–Kier alpha value is -4.85. The number of pyridine rings is 2. The Bertz CT molecular complexity index is 1560. The quantitative estimate of drug-likeness (QED) is 0.427. The number of benzene rings is 2. The van der Waals surface area contributed by atoms with Gasteiger partial charge in [-0.3, -0.25) is 9.98 Å². The second-order valence-corrected chi connectivity index (χ2v) is 8.77. The van der Waals surface area contributed by atoms with Crippen LogP contribution in [0.3, 0.4) is 0 Å². The van der Waals surface area contributed by atoms with Crippen LogP contribution in [0, 0.1) is 0 Å². The van der Waals surface area contributed by atoms with Gasteiger partial charge in [0.15, 0.2) is 11.5 Å². The van der Waals surface area contributed by atoms with Crippen molar-refractivity contribution in [1.82, 2.24) is 9.97 Å². The van der Waals surface area contributed by atoms with Crippen LogP contribution in [0.2, 0.25) is 0 Å². The number of aliphatic imine (C=N–C) groups is 1. The van der Waals surface area contributed by atoms with E-state index in [-0.39, 0.29) is 6.79 Å². The smallest absolute Gasteiger partial charge is 0.231 e. The molecular weight excluding hydrogens is 452 g/mol. The molecule has 2 N–H and O–H groups in total. The maximum atomic E-state index is 5.58. The number of hydrogen-bond acceptors (Lipinski definition) is 8. The van der Waals surface area contributed by atoms with Crippen LogP contribution in [0.15, 0.2) is 89.9 Å². The maximum absolute atomic E-state index is 5.58. The molecule has 0 aliphatic carbocycles. The average molecular weight is 475 g/mol. The molecular formula is C28H22N6O2. The molecule has 0 saturated carbocycles. The average Bonchev–Trinajstić information content (AvgIpc) is 3.41. The standard InChI is InChI=1S/C28H22N6O2/c1-34-15-31-27(28-23(34)7-6-20(33-28)17-9-11-29-12-10-17)22-14-30-26-19(3-2-4-21(26)32-22)18-5-8-24-25(13-18)36-16-35-24/h2-14,30,32H,15-16H2,1H3. The molecule has 0 radical (unpaired) electrons. The highest BCUT2D eigenvalue weighted by Crippen LogP contribution is 2.42. The largest absolute Gasteiger partial charge is 0.454 e. The molecule has 176 valence electrons. The van der Waals surface area contributed by atoms with Gasteiger partial charge in [0.1, 0.15) is 18.1 Å². The molecule has 3 aliphatic heterocycles. The third kappa shape index (κ3) is 3.34. The molecule has 0 amide bonds. The fourth-order valence-electron chi connectivity index (χ4n) is 4.73. The van der Waals surface area contributed by atoms with Crippen LogP contribution in [0.5, 0.6) is 11.5 Å². The highest BCUT2D eigenvalue weighted by Gasteiger charge is 2.26. The SMILES string of the molecule is CN1CN=C(C2=CNc3c(cccc3-c3ccc4c(c3)OCO4)N2)c2nc(-c3ccncc3)ccc21. The zero-order valence-corrected chi connectivity index (χ0v) is 19.5. The van der Waals surface area contributed by atoms with Crippen molar-refractivity contribution >= 4 is 22.8 Å². The van der Waals surface area contributed by atoms with Gasteiger partial charge in [0.25, 0.3) is 0 Å². The van der Waals surface area contributed by atoms with E-state index in [1.54, 1.807) is 12.4 Å². The number of para-hydroxylation sites is 1. The third-order valence-electron chi connectivity index (χ3n) is 6.56. The molecule has 36 heavy (non-hydrogen) atoms. The number of nitrogens with one attached hydrogen (secondary N) is 2. The molecule has 8 heteroatoms. The van der Waals surface area contributed by atoms with Crippen LogP contribution in [-0.2, 0) is 0 Å². The summed E-state index contributed by atoms with van der Waals surface area (Å²) in [4.78, 5) is 16.1. The van der Waals surface area contributed by atoms with Crippen LogP contribution < -0.4 is 25.0 Å². The van der Waals surface area contributed by atoms with E-state index in [1.807, 2.05) is 55.7 Å². The summed E-state index contributed by atoms with van der Waals surface area (Å²) in [6.07, 6.45) is 5.52. The minimum absolute atomic E-state index is 0.257. The summed E-state index contributed by atoms with van der Waals surface area (Å²) in [5, 5.41) is 7.09. The van der Waals surface area contributed by atoms with Crippen molar-refractivity contribution in [3.05, 3.63) is 90.6 Å². The number of nitrogens with zero attached hydrogens (tertiary/aromatic N) is 4. The third-order valence-corrected chi connectivity index (χ3v) is 6.56. The highest BCUT2D eigenvalue weighted by atomic mass is 16.7. The van der Waals surface area contributed by atoms with E-state index < -0.39 is 0 Å². The lowest BCUT2D eigenvalue weighted by molar-refractivity contribution is 0.174. The molecule has 0 unspecified atom stereocenters. The molecule has 0 saturated heterocycles. The van der Waals surface area contributed by atoms with E-state index in [0.29, 0.717) is 6.67 Å². The van der Waals surface area contributed by atoms with Crippen molar-refractivity contribution in [2.75, 3.05) is 36.0 Å². The van der Waals surface area contributed by atoms with E-state index in [4.69, 9.17) is 19.5 Å². The number of anilines is 3. The first kappa shape index (κ1) is 20.5. The first-order chi connectivity index (χ1) is 17.7. The highest BCUT2D eigenvalue weighted by molar-refractivity contribution is 6.18. The summed E-state index contributed by atoms with van der Waals surface area (Å²) in [6.45, 7) is 0.814. The zero-order valence-electron chi connectivity index (χ0n) is 19.5. The van der Waals surface area contributed by atoms with Gasteiger partial charge in [0.2, 0.25) is 6.79 Å². The lowest BCUT2D eigenvalue weighted by Crippen LogP contribution is -2.30. The van der Waals surface area contributed by atoms with Crippen LogP contribution in [0.1, 0.15) is 5.69 Å². The molecule has 0 atom stereocenters. The molecule has 0 fully saturated rings. The topological polar surface area (TPSA) is 83.9 Å². The number of ether oxygens (including phenoxy) is 2. The summed E-state index contributed by atoms with van der Waals surface area (Å²) in [5.74, 6) is 1.54. The van der Waals surface area contributed by atoms with E-state index in [2.05, 4.69) is 38.7 Å². The maximum Gasteiger partial charge on any atom is 0.231 e. The van der Waals surface area contributed by atoms with E-state index in [1.165, 1.54) is 0 Å². The van der Waals surface area contributed by atoms with Gasteiger partial charge in [-0.1, -0.05) is 18.2 Å². The number of fused-ring (bicyclic) bond motifs is 3. The first-order valence-electron chi connectivity index (χ1n) is 11.7. The minimum Gasteiger partial charge on any atom is -0.454 e. The van der Waals surface area contributed by atoms with Crippen molar-refractivity contribution < 1.29 is 9.47 Å². The number of allylic oxidation sites excluding steroid dienone is 1. The summed E-state index contributed by atoms with van der Waals surface area (Å²) >= 11 is 0. The molecule has 0 spiro atoms. The summed E-state index contributed by atoms with van der Waals surface area (Å²) in [6, 6.07) is 20.3. The van der Waals surface area contributed by atoms with Gasteiger partial charge in [-0.15, -0.1) is 0 Å². The van der Waals surface area contributed by atoms with Crippen molar-refractivity contribution in [2.24, 2.45) is 4.99 Å². The normalized spacial score (nSPS) is 15.2. The first-order valence-corrected chi connectivity index (χ1v) is 11.7. The van der Waals surface area contributed by atoms with Crippen LogP contribution in [0.25, 0.3) is 22.4 Å². The van der Waals surface area contributed by atoms with E-state index in [9.17, 15) is 0 Å². The fourth-order valence-corrected chi connectivity index (χ4v) is 4.73. The van der Waals surface area contributed by atoms with Gasteiger partial charge in [-0.2, -0.15) is 0 Å². The van der Waals surface area contributed by atoms with Crippen LogP contribution in [0.4, 0.5) is 17.1 Å². The zero-order chi connectivity index (χ0) is 24.1. The van der Waals surface area contributed by atoms with Gasteiger partial charge >= 0.3 is 0 Å². The van der Waals surface area contributed by atoms with E-state index >= 15 is 0 Å². The Balaban J connectivity index is 1.25. The van der Waals surface area contributed by atoms with Crippen molar-refractivity contribution in [3.8, 4) is 33.9 Å². The predicted molar refractivity (Wildman–Crippen MR) is 141 cm³/mol. The lowest BCUT2D eigenvalue weighted by atomic mass is 10.00. The lowest BCUT2D eigenvalue weighted by Gasteiger charge is -2.29. The second-order valence-electron chi connectivity index (χ2n) is 8.77. The molecule has 7 rings (SSSR count). The molecule has 0 bridgehead atoms. The molecule has 2 aromatic heterocycles. The van der Waals surface area contributed by atoms with Gasteiger partial charge < -0.3 is 25.0 Å². The Morgan fingerprint density at radius 1 is 0.917 bits per heavy atom. The molecule has 8 nitrogen and oxygen atoms in total. The van der Waals surface area contributed by atoms with Gasteiger partial charge in [0.05, 0.1) is 28.5 Å². The number of aromatic nitrogens is 2. The monoisotopic (exact) mass is 474 g/mol. The number of rotatable bonds is 3. The molecule has 4 aromatic rings. The van der Waals surface area contributed by atoms with Gasteiger partial charge in [-0.25, -0.2) is 4.98 Å². The Morgan fingerprint density at radius 2 is 1.81 bits per heavy atom. The summed E-state index contributed by atoms with van der Waals surface area (Å²) in [5.41, 5.74) is 9.56. The Morgan fingerprint density at radius 3 is 2.72 bits per heavy atom. The molecule has 2 aromatic carbocycles. The molecule has 3 aliphatic rings. The fraction of sp³-hybridized carbons (Fsp3) is 0.107. The van der Waals surface area contributed by atoms with Crippen LogP contribution in [-0.4, -0.2) is 36.2 Å². The van der Waals surface area contributed by atoms with E-state index in [0.717, 1.165) is 68.0 Å². The second kappa shape index (κ2) is 8.13. The number of hydrogen-bond donors (Lipinski definition) is 2. The summed E-state index contributed by atoms with van der Waals surface area (Å²) < 4.78 is 11.1. The van der Waals surface area contributed by atoms with Crippen molar-refractivity contribution in [1.29, 1.82) is 0 Å².